The number of azo groups is 1. The number of H-pyrrole nitrogens is 2. The van der Waals surface area contributed by atoms with Crippen LogP contribution in [0.15, 0.2) is 89.2 Å². The minimum atomic E-state index is -0.295. The van der Waals surface area contributed by atoms with E-state index in [2.05, 4.69) is 20.2 Å². The number of carbonyl (C=O) groups is 1. The molecule has 1 amide bonds. The predicted molar refractivity (Wildman–Crippen MR) is 122 cm³/mol. The monoisotopic (exact) mass is 403 g/mol. The van der Waals surface area contributed by atoms with Crippen molar-refractivity contribution in [3.8, 4) is 11.4 Å². The number of nitrogens with one attached hydrogen (secondary N) is 2. The standard InChI is InChI=1S/C25H17N5O/c31-22(13-15-14-26-19-10-4-3-7-16(15)19)29-30-24-18-9-2-1-8-17(18)23-25(24)28-21-12-6-5-11-20(21)27-23/h1-12,14,26,28H,13H2. The SMILES string of the molecule is O=C(Cc1c[nH]c2ccccc12)N=Nc1c2[nH]c3ccccc3nc-2c2ccccc12. The summed E-state index contributed by atoms with van der Waals surface area (Å²) < 4.78 is 0. The molecular formula is C25H17N5O. The molecule has 1 aromatic heterocycles. The summed E-state index contributed by atoms with van der Waals surface area (Å²) in [4.78, 5) is 24.1. The summed E-state index contributed by atoms with van der Waals surface area (Å²) in [7, 11) is 0. The summed E-state index contributed by atoms with van der Waals surface area (Å²) in [5.74, 6) is -0.295. The summed E-state index contributed by atoms with van der Waals surface area (Å²) in [6, 6.07) is 23.7. The van der Waals surface area contributed by atoms with Crippen LogP contribution < -0.4 is 0 Å². The van der Waals surface area contributed by atoms with Gasteiger partial charge in [-0.1, -0.05) is 54.6 Å². The number of hydrogen-bond acceptors (Lipinski definition) is 3. The van der Waals surface area contributed by atoms with E-state index in [1.807, 2.05) is 79.0 Å². The van der Waals surface area contributed by atoms with E-state index in [9.17, 15) is 4.79 Å². The van der Waals surface area contributed by atoms with Gasteiger partial charge in [0.1, 0.15) is 5.69 Å². The molecular weight excluding hydrogens is 386 g/mol. The molecule has 0 saturated heterocycles. The van der Waals surface area contributed by atoms with E-state index >= 15 is 0 Å². The van der Waals surface area contributed by atoms with Crippen LogP contribution in [0.5, 0.6) is 0 Å². The molecule has 0 saturated carbocycles. The fourth-order valence-electron chi connectivity index (χ4n) is 4.13. The third-order valence-corrected chi connectivity index (χ3v) is 5.59. The van der Waals surface area contributed by atoms with Crippen molar-refractivity contribution in [1.29, 1.82) is 0 Å². The van der Waals surface area contributed by atoms with Crippen LogP contribution in [0.1, 0.15) is 5.56 Å². The van der Waals surface area contributed by atoms with Crippen molar-refractivity contribution in [2.75, 3.05) is 0 Å². The summed E-state index contributed by atoms with van der Waals surface area (Å²) >= 11 is 0. The van der Waals surface area contributed by atoms with Crippen LogP contribution in [0.2, 0.25) is 0 Å². The Morgan fingerprint density at radius 1 is 0.839 bits per heavy atom. The Bertz CT molecular complexity index is 1590. The predicted octanol–water partition coefficient (Wildman–Crippen LogP) is 6.16. The zero-order chi connectivity index (χ0) is 20.8. The minimum Gasteiger partial charge on any atom is -0.361 e. The van der Waals surface area contributed by atoms with Gasteiger partial charge in [0.2, 0.25) is 0 Å². The molecule has 0 fully saturated rings. The van der Waals surface area contributed by atoms with Crippen molar-refractivity contribution < 1.29 is 4.79 Å². The number of benzene rings is 3. The van der Waals surface area contributed by atoms with Gasteiger partial charge in [0.15, 0.2) is 0 Å². The molecule has 0 atom stereocenters. The number of carbonyl (C=O) groups excluding carboxylic acids is 1. The molecule has 0 radical (unpaired) electrons. The number of nitrogens with zero attached hydrogens (tertiary/aromatic N) is 3. The van der Waals surface area contributed by atoms with Crippen molar-refractivity contribution in [2.45, 2.75) is 6.42 Å². The Morgan fingerprint density at radius 3 is 2.42 bits per heavy atom. The highest BCUT2D eigenvalue weighted by Gasteiger charge is 2.20. The smallest absolute Gasteiger partial charge is 0.269 e. The Hall–Kier alpha value is -4.32. The molecule has 148 valence electrons. The van der Waals surface area contributed by atoms with Crippen molar-refractivity contribution in [1.82, 2.24) is 15.0 Å². The van der Waals surface area contributed by atoms with Gasteiger partial charge < -0.3 is 9.97 Å². The van der Waals surface area contributed by atoms with Gasteiger partial charge in [-0.15, -0.1) is 10.2 Å². The molecule has 3 aromatic carbocycles. The largest absolute Gasteiger partial charge is 0.361 e. The first-order valence-electron chi connectivity index (χ1n) is 10.1. The molecule has 1 aliphatic carbocycles. The summed E-state index contributed by atoms with van der Waals surface area (Å²) in [5.41, 5.74) is 5.95. The molecule has 6 heteroatoms. The van der Waals surface area contributed by atoms with Gasteiger partial charge in [0, 0.05) is 27.9 Å². The number of amides is 1. The second kappa shape index (κ2) is 6.88. The third-order valence-electron chi connectivity index (χ3n) is 5.59. The van der Waals surface area contributed by atoms with Crippen LogP contribution in [0.3, 0.4) is 0 Å². The first kappa shape index (κ1) is 17.5. The normalized spacial score (nSPS) is 12.0. The van der Waals surface area contributed by atoms with Gasteiger partial charge in [-0.25, -0.2) is 4.98 Å². The average Bonchev–Trinajstić information content (AvgIpc) is 3.35. The van der Waals surface area contributed by atoms with E-state index in [4.69, 9.17) is 4.98 Å². The van der Waals surface area contributed by atoms with Gasteiger partial charge in [0.25, 0.3) is 5.91 Å². The molecule has 6 nitrogen and oxygen atoms in total. The van der Waals surface area contributed by atoms with Gasteiger partial charge in [-0.2, -0.15) is 0 Å². The number of rotatable bonds is 3. The lowest BCUT2D eigenvalue weighted by atomic mass is 10.1. The zero-order valence-corrected chi connectivity index (χ0v) is 16.5. The van der Waals surface area contributed by atoms with E-state index in [1.54, 1.807) is 0 Å². The van der Waals surface area contributed by atoms with Gasteiger partial charge in [-0.05, 0) is 23.8 Å². The van der Waals surface area contributed by atoms with Crippen molar-refractivity contribution in [2.24, 2.45) is 10.2 Å². The van der Waals surface area contributed by atoms with E-state index in [-0.39, 0.29) is 12.3 Å². The van der Waals surface area contributed by atoms with Crippen molar-refractivity contribution in [3.05, 3.63) is 84.6 Å². The second-order valence-electron chi connectivity index (χ2n) is 7.50. The lowest BCUT2D eigenvalue weighted by Gasteiger charge is -2.04. The fraction of sp³-hybridized carbons (Fsp3) is 0.0400. The molecule has 0 spiro atoms. The minimum absolute atomic E-state index is 0.189. The van der Waals surface area contributed by atoms with Crippen LogP contribution in [0.25, 0.3) is 44.1 Å². The summed E-state index contributed by atoms with van der Waals surface area (Å²) in [6.07, 6.45) is 2.05. The van der Waals surface area contributed by atoms with Crippen molar-refractivity contribution in [3.63, 3.8) is 0 Å². The maximum atomic E-state index is 12.6. The zero-order valence-electron chi connectivity index (χ0n) is 16.5. The van der Waals surface area contributed by atoms with Gasteiger partial charge >= 0.3 is 0 Å². The Labute approximate surface area is 177 Å². The molecule has 4 aromatic rings. The number of fused-ring (bicyclic) bond motifs is 5. The van der Waals surface area contributed by atoms with Crippen LogP contribution in [0, 0.1) is 0 Å². The van der Waals surface area contributed by atoms with Gasteiger partial charge in [-0.3, -0.25) is 4.79 Å². The molecule has 2 heterocycles. The van der Waals surface area contributed by atoms with E-state index in [0.717, 1.165) is 49.7 Å². The molecule has 6 rings (SSSR count). The van der Waals surface area contributed by atoms with E-state index in [1.165, 1.54) is 0 Å². The van der Waals surface area contributed by atoms with Crippen LogP contribution in [-0.4, -0.2) is 20.9 Å². The first-order chi connectivity index (χ1) is 15.3. The number of hydrogen-bond donors (Lipinski definition) is 2. The summed E-state index contributed by atoms with van der Waals surface area (Å²) in [5, 5.41) is 11.4. The Kier molecular flexibility index (Phi) is 3.89. The lowest BCUT2D eigenvalue weighted by molar-refractivity contribution is -0.117. The molecule has 2 aliphatic rings. The van der Waals surface area contributed by atoms with Crippen molar-refractivity contribution >= 4 is 44.3 Å². The number of aromatic nitrogens is 3. The maximum Gasteiger partial charge on any atom is 0.269 e. The molecule has 0 bridgehead atoms. The van der Waals surface area contributed by atoms with Gasteiger partial charge in [0.05, 0.1) is 28.8 Å². The lowest BCUT2D eigenvalue weighted by Crippen LogP contribution is -1.97. The highest BCUT2D eigenvalue weighted by atomic mass is 16.1. The molecule has 0 unspecified atom stereocenters. The quantitative estimate of drug-likeness (QED) is 0.347. The van der Waals surface area contributed by atoms with Crippen LogP contribution in [0.4, 0.5) is 5.69 Å². The number of para-hydroxylation sites is 3. The van der Waals surface area contributed by atoms with E-state index in [0.29, 0.717) is 5.69 Å². The average molecular weight is 403 g/mol. The first-order valence-corrected chi connectivity index (χ1v) is 10.1. The highest BCUT2D eigenvalue weighted by molar-refractivity contribution is 6.11. The molecule has 31 heavy (non-hydrogen) atoms. The maximum absolute atomic E-state index is 12.6. The fourth-order valence-corrected chi connectivity index (χ4v) is 4.13. The third kappa shape index (κ3) is 2.88. The number of aromatic amines is 2. The van der Waals surface area contributed by atoms with Crippen LogP contribution >= 0.6 is 0 Å². The highest BCUT2D eigenvalue weighted by Crippen LogP contribution is 2.43. The van der Waals surface area contributed by atoms with Crippen LogP contribution in [-0.2, 0) is 11.2 Å². The molecule has 2 N–H and O–H groups in total. The Balaban J connectivity index is 1.42. The topological polar surface area (TPSA) is 86.3 Å². The van der Waals surface area contributed by atoms with E-state index < -0.39 is 0 Å². The molecule has 1 aliphatic heterocycles. The summed E-state index contributed by atoms with van der Waals surface area (Å²) in [6.45, 7) is 0. The Morgan fingerprint density at radius 2 is 1.55 bits per heavy atom. The second-order valence-corrected chi connectivity index (χ2v) is 7.50.